The normalized spacial score (nSPS) is 19.2. The van der Waals surface area contributed by atoms with Gasteiger partial charge in [-0.3, -0.25) is 4.78 Å². The largest absolute Gasteiger partial charge is 0.377 e. The van der Waals surface area contributed by atoms with Crippen LogP contribution in [0.5, 0.6) is 0 Å². The van der Waals surface area contributed by atoms with E-state index in [1.165, 1.54) is 12.3 Å². The molecule has 0 aliphatic carbocycles. The summed E-state index contributed by atoms with van der Waals surface area (Å²) in [5, 5.41) is 2.98. The molecule has 3 aromatic rings. The molecule has 4 rings (SSSR count). The molecule has 0 radical (unpaired) electrons. The number of anilines is 2. The van der Waals surface area contributed by atoms with Gasteiger partial charge in [0.2, 0.25) is 11.9 Å². The van der Waals surface area contributed by atoms with Gasteiger partial charge in [0.05, 0.1) is 44.9 Å². The van der Waals surface area contributed by atoms with Crippen LogP contribution in [0.15, 0.2) is 24.3 Å². The number of hydrogen-bond donors (Lipinski definition) is 2. The van der Waals surface area contributed by atoms with Crippen molar-refractivity contribution in [3.63, 3.8) is 0 Å². The van der Waals surface area contributed by atoms with Crippen molar-refractivity contribution in [2.24, 2.45) is 0 Å². The summed E-state index contributed by atoms with van der Waals surface area (Å²) in [4.78, 5) is 16.0. The number of ether oxygens (including phenoxy) is 1. The zero-order chi connectivity index (χ0) is 23.3. The Bertz CT molecular complexity index is 1270. The van der Waals surface area contributed by atoms with E-state index in [4.69, 9.17) is 19.5 Å². The molecule has 32 heavy (non-hydrogen) atoms. The summed E-state index contributed by atoms with van der Waals surface area (Å²) in [6.07, 6.45) is 1.41. The molecule has 1 aromatic carbocycles. The molecule has 3 heterocycles. The van der Waals surface area contributed by atoms with Crippen molar-refractivity contribution in [2.45, 2.75) is 31.6 Å². The van der Waals surface area contributed by atoms with Gasteiger partial charge in [0.25, 0.3) is 0 Å². The van der Waals surface area contributed by atoms with E-state index in [1.807, 2.05) is 6.92 Å². The van der Waals surface area contributed by atoms with Crippen molar-refractivity contribution in [2.75, 3.05) is 43.3 Å². The monoisotopic (exact) mass is 461 g/mol. The van der Waals surface area contributed by atoms with Gasteiger partial charge in [0.1, 0.15) is 11.3 Å². The summed E-state index contributed by atoms with van der Waals surface area (Å²) in [6, 6.07) is 6.58. The molecule has 0 spiro atoms. The van der Waals surface area contributed by atoms with Crippen LogP contribution in [0.4, 0.5) is 16.2 Å². The predicted octanol–water partition coefficient (Wildman–Crippen LogP) is 3.13. The Hall–Kier alpha value is -2.79. The highest BCUT2D eigenvalue weighted by molar-refractivity contribution is 7.92. The van der Waals surface area contributed by atoms with Crippen molar-refractivity contribution in [3.8, 4) is 5.95 Å². The average Bonchev–Trinajstić information content (AvgIpc) is 3.13. The SMILES string of the molecule is CNc1nc2c(F)cccc2n1-c1nc(N2CCOC[C@H]2C)cc(C(C)(C)[S@](C)(=N)=O)n1. The zero-order valence-electron chi connectivity index (χ0n) is 18.8. The van der Waals surface area contributed by atoms with E-state index in [0.29, 0.717) is 42.7 Å². The minimum absolute atomic E-state index is 0.0743. The molecular formula is C21H28FN7O2S. The second-order valence-electron chi connectivity index (χ2n) is 8.51. The minimum Gasteiger partial charge on any atom is -0.377 e. The Morgan fingerprint density at radius 2 is 2.06 bits per heavy atom. The van der Waals surface area contributed by atoms with Crippen LogP contribution in [-0.2, 0) is 19.2 Å². The lowest BCUT2D eigenvalue weighted by Crippen LogP contribution is -2.44. The summed E-state index contributed by atoms with van der Waals surface area (Å²) in [7, 11) is -1.31. The number of rotatable bonds is 5. The third-order valence-electron chi connectivity index (χ3n) is 6.01. The van der Waals surface area contributed by atoms with E-state index in [-0.39, 0.29) is 17.5 Å². The van der Waals surface area contributed by atoms with Gasteiger partial charge in [-0.25, -0.2) is 23.1 Å². The number of nitrogens with zero attached hydrogens (tertiary/aromatic N) is 5. The van der Waals surface area contributed by atoms with Crippen molar-refractivity contribution >= 4 is 32.5 Å². The quantitative estimate of drug-likeness (QED) is 0.601. The van der Waals surface area contributed by atoms with Crippen LogP contribution in [0, 0.1) is 10.6 Å². The highest BCUT2D eigenvalue weighted by Gasteiger charge is 2.34. The molecule has 1 saturated heterocycles. The average molecular weight is 462 g/mol. The Labute approximate surface area is 187 Å². The summed E-state index contributed by atoms with van der Waals surface area (Å²) in [5.74, 6) is 0.839. The molecule has 9 nitrogen and oxygen atoms in total. The molecule has 2 atom stereocenters. The van der Waals surface area contributed by atoms with Gasteiger partial charge in [-0.1, -0.05) is 6.07 Å². The number of nitrogens with one attached hydrogen (secondary N) is 2. The van der Waals surface area contributed by atoms with Crippen LogP contribution in [0.25, 0.3) is 17.0 Å². The first kappa shape index (κ1) is 22.4. The second-order valence-corrected chi connectivity index (χ2v) is 11.2. The molecule has 0 unspecified atom stereocenters. The first-order chi connectivity index (χ1) is 15.0. The van der Waals surface area contributed by atoms with Crippen LogP contribution in [0.3, 0.4) is 0 Å². The molecule has 172 valence electrons. The van der Waals surface area contributed by atoms with Crippen LogP contribution in [-0.4, -0.2) is 62.8 Å². The maximum Gasteiger partial charge on any atom is 0.239 e. The third-order valence-corrected chi connectivity index (χ3v) is 8.17. The number of benzene rings is 1. The zero-order valence-corrected chi connectivity index (χ0v) is 19.7. The molecule has 11 heteroatoms. The lowest BCUT2D eigenvalue weighted by atomic mass is 10.1. The molecule has 0 amide bonds. The van der Waals surface area contributed by atoms with Crippen molar-refractivity contribution < 1.29 is 13.3 Å². The molecule has 1 fully saturated rings. The van der Waals surface area contributed by atoms with E-state index in [9.17, 15) is 8.60 Å². The molecule has 0 saturated carbocycles. The van der Waals surface area contributed by atoms with Gasteiger partial charge in [-0.2, -0.15) is 4.98 Å². The van der Waals surface area contributed by atoms with Crippen LogP contribution < -0.4 is 10.2 Å². The Balaban J connectivity index is 2.01. The Kier molecular flexibility index (Phi) is 5.58. The number of halogens is 1. The summed E-state index contributed by atoms with van der Waals surface area (Å²) >= 11 is 0. The molecule has 2 N–H and O–H groups in total. The van der Waals surface area contributed by atoms with E-state index >= 15 is 0 Å². The van der Waals surface area contributed by atoms with Gasteiger partial charge >= 0.3 is 0 Å². The lowest BCUT2D eigenvalue weighted by Gasteiger charge is -2.35. The first-order valence-corrected chi connectivity index (χ1v) is 12.3. The number of para-hydroxylation sites is 1. The number of fused-ring (bicyclic) bond motifs is 1. The fraction of sp³-hybridized carbons (Fsp3) is 0.476. The van der Waals surface area contributed by atoms with E-state index in [2.05, 4.69) is 15.2 Å². The van der Waals surface area contributed by atoms with Gasteiger partial charge in [-0.05, 0) is 32.9 Å². The summed E-state index contributed by atoms with van der Waals surface area (Å²) < 4.78 is 41.7. The van der Waals surface area contributed by atoms with Crippen LogP contribution >= 0.6 is 0 Å². The van der Waals surface area contributed by atoms with E-state index in [0.717, 1.165) is 0 Å². The molecular weight excluding hydrogens is 433 g/mol. The standard InChI is InChI=1S/C21H28FN7O2S/c1-13-12-31-10-9-28(13)17-11-16(21(2,3)32(5,23)30)25-20(26-17)29-15-8-6-7-14(22)18(15)27-19(29)24-4/h6-8,11,13,23H,9-10,12H2,1-5H3,(H,24,27)/t13-,32-/m1/s1. The van der Waals surface area contributed by atoms with Crippen molar-refractivity contribution in [1.29, 1.82) is 4.78 Å². The smallest absolute Gasteiger partial charge is 0.239 e. The molecule has 1 aliphatic heterocycles. The van der Waals surface area contributed by atoms with E-state index < -0.39 is 20.3 Å². The number of hydrogen-bond acceptors (Lipinski definition) is 8. The van der Waals surface area contributed by atoms with Gasteiger partial charge in [0.15, 0.2) is 5.82 Å². The fourth-order valence-electron chi connectivity index (χ4n) is 3.68. The molecule has 0 bridgehead atoms. The van der Waals surface area contributed by atoms with Gasteiger partial charge < -0.3 is 15.0 Å². The second kappa shape index (κ2) is 7.96. The maximum absolute atomic E-state index is 14.4. The highest BCUT2D eigenvalue weighted by atomic mass is 32.2. The van der Waals surface area contributed by atoms with Crippen molar-refractivity contribution in [1.82, 2.24) is 19.5 Å². The maximum atomic E-state index is 14.4. The van der Waals surface area contributed by atoms with Gasteiger partial charge in [-0.15, -0.1) is 0 Å². The topological polar surface area (TPSA) is 109 Å². The van der Waals surface area contributed by atoms with E-state index in [1.54, 1.807) is 43.7 Å². The van der Waals surface area contributed by atoms with Crippen molar-refractivity contribution in [3.05, 3.63) is 35.8 Å². The predicted molar refractivity (Wildman–Crippen MR) is 124 cm³/mol. The Morgan fingerprint density at radius 1 is 1.31 bits per heavy atom. The number of imidazole rings is 1. The van der Waals surface area contributed by atoms with Crippen LogP contribution in [0.2, 0.25) is 0 Å². The minimum atomic E-state index is -3.00. The first-order valence-electron chi connectivity index (χ1n) is 10.4. The molecule has 1 aliphatic rings. The number of morpholine rings is 1. The lowest BCUT2D eigenvalue weighted by molar-refractivity contribution is 0.0985. The Morgan fingerprint density at radius 3 is 2.72 bits per heavy atom. The number of aromatic nitrogens is 4. The fourth-order valence-corrected chi connectivity index (χ4v) is 4.18. The summed E-state index contributed by atoms with van der Waals surface area (Å²) in [6.45, 7) is 7.28. The summed E-state index contributed by atoms with van der Waals surface area (Å²) in [5.41, 5.74) is 1.18. The molecule has 2 aromatic heterocycles. The highest BCUT2D eigenvalue weighted by Crippen LogP contribution is 2.33. The third kappa shape index (κ3) is 3.69. The van der Waals surface area contributed by atoms with Gasteiger partial charge in [0, 0.05) is 25.9 Å². The van der Waals surface area contributed by atoms with Crippen LogP contribution in [0.1, 0.15) is 26.5 Å².